The molecule has 2 aliphatic rings. The van der Waals surface area contributed by atoms with Crippen molar-refractivity contribution < 1.29 is 4.79 Å². The van der Waals surface area contributed by atoms with Gasteiger partial charge < -0.3 is 4.90 Å². The second-order valence-electron chi connectivity index (χ2n) is 5.80. The molecule has 2 aliphatic carbocycles. The number of aldehydes is 1. The first kappa shape index (κ1) is 12.2. The molecule has 0 amide bonds. The second-order valence-corrected chi connectivity index (χ2v) is 5.80. The Morgan fingerprint density at radius 3 is 2.32 bits per heavy atom. The first-order valence-corrected chi connectivity index (χ1v) is 7.04. The van der Waals surface area contributed by atoms with Crippen LogP contribution in [0.5, 0.6) is 0 Å². The molecule has 0 saturated heterocycles. The Kier molecular flexibility index (Phi) is 3.25. The molecule has 3 rings (SSSR count). The van der Waals surface area contributed by atoms with E-state index in [4.69, 9.17) is 0 Å². The van der Waals surface area contributed by atoms with Gasteiger partial charge in [0.25, 0.3) is 0 Å². The van der Waals surface area contributed by atoms with Crippen LogP contribution in [0, 0.1) is 23.2 Å². The molecule has 0 aliphatic heterocycles. The molecule has 0 bridgehead atoms. The molecule has 19 heavy (non-hydrogen) atoms. The molecule has 3 nitrogen and oxygen atoms in total. The maximum atomic E-state index is 10.8. The first-order chi connectivity index (χ1) is 9.30. The van der Waals surface area contributed by atoms with E-state index >= 15 is 0 Å². The zero-order valence-electron chi connectivity index (χ0n) is 11.0. The van der Waals surface area contributed by atoms with Crippen molar-refractivity contribution in [2.75, 3.05) is 18.0 Å². The van der Waals surface area contributed by atoms with Gasteiger partial charge in [0.05, 0.1) is 11.3 Å². The average Bonchev–Trinajstić information content (AvgIpc) is 3.32. The van der Waals surface area contributed by atoms with E-state index in [1.807, 2.05) is 12.1 Å². The van der Waals surface area contributed by atoms with E-state index in [1.165, 1.54) is 25.7 Å². The molecular formula is C16H18N2O. The topological polar surface area (TPSA) is 44.1 Å². The number of nitrogens with zero attached hydrogens (tertiary/aromatic N) is 2. The number of nitriles is 1. The molecule has 0 atom stereocenters. The third-order valence-electron chi connectivity index (χ3n) is 3.97. The van der Waals surface area contributed by atoms with Crippen molar-refractivity contribution in [3.63, 3.8) is 0 Å². The highest BCUT2D eigenvalue weighted by atomic mass is 16.1. The summed E-state index contributed by atoms with van der Waals surface area (Å²) in [6.45, 7) is 2.12. The van der Waals surface area contributed by atoms with Crippen LogP contribution in [0.3, 0.4) is 0 Å². The number of rotatable bonds is 6. The van der Waals surface area contributed by atoms with E-state index in [-0.39, 0.29) is 0 Å². The van der Waals surface area contributed by atoms with E-state index in [2.05, 4.69) is 11.0 Å². The van der Waals surface area contributed by atoms with Crippen LogP contribution in [0.4, 0.5) is 5.69 Å². The molecule has 3 heteroatoms. The summed E-state index contributed by atoms with van der Waals surface area (Å²) in [5.41, 5.74) is 2.22. The van der Waals surface area contributed by atoms with Crippen molar-refractivity contribution in [2.45, 2.75) is 25.7 Å². The predicted molar refractivity (Wildman–Crippen MR) is 74.2 cm³/mol. The molecule has 1 aromatic rings. The number of hydrogen-bond acceptors (Lipinski definition) is 3. The van der Waals surface area contributed by atoms with Crippen LogP contribution in [0.15, 0.2) is 18.2 Å². The van der Waals surface area contributed by atoms with Crippen LogP contribution < -0.4 is 4.90 Å². The van der Waals surface area contributed by atoms with Gasteiger partial charge in [-0.2, -0.15) is 5.26 Å². The van der Waals surface area contributed by atoms with Crippen LogP contribution >= 0.6 is 0 Å². The summed E-state index contributed by atoms with van der Waals surface area (Å²) in [6.07, 6.45) is 6.06. The number of anilines is 1. The van der Waals surface area contributed by atoms with Gasteiger partial charge in [0, 0.05) is 18.7 Å². The fraction of sp³-hybridized carbons (Fsp3) is 0.500. The molecule has 1 aromatic carbocycles. The standard InChI is InChI=1S/C16H18N2O/c17-8-15-7-14(11-19)5-6-16(15)18(9-12-1-2-12)10-13-3-4-13/h5-7,11-13H,1-4,9-10H2. The molecule has 0 aromatic heterocycles. The number of carbonyl (C=O) groups excluding carboxylic acids is 1. The van der Waals surface area contributed by atoms with E-state index < -0.39 is 0 Å². The maximum absolute atomic E-state index is 10.8. The summed E-state index contributed by atoms with van der Waals surface area (Å²) in [5, 5.41) is 9.29. The van der Waals surface area contributed by atoms with Gasteiger partial charge in [-0.1, -0.05) is 0 Å². The van der Waals surface area contributed by atoms with E-state index in [0.717, 1.165) is 36.9 Å². The predicted octanol–water partition coefficient (Wildman–Crippen LogP) is 3.00. The summed E-state index contributed by atoms with van der Waals surface area (Å²) in [4.78, 5) is 13.2. The second kappa shape index (κ2) is 5.05. The smallest absolute Gasteiger partial charge is 0.150 e. The van der Waals surface area contributed by atoms with Crippen molar-refractivity contribution in [1.29, 1.82) is 5.26 Å². The van der Waals surface area contributed by atoms with Crippen molar-refractivity contribution in [2.24, 2.45) is 11.8 Å². The van der Waals surface area contributed by atoms with Crippen LogP contribution in [0.25, 0.3) is 0 Å². The van der Waals surface area contributed by atoms with Gasteiger partial charge in [0.15, 0.2) is 0 Å². The number of hydrogen-bond donors (Lipinski definition) is 0. The Balaban J connectivity index is 1.86. The normalized spacial score (nSPS) is 17.8. The third-order valence-corrected chi connectivity index (χ3v) is 3.97. The average molecular weight is 254 g/mol. The Bertz CT molecular complexity index is 510. The van der Waals surface area contributed by atoms with Crippen molar-refractivity contribution in [1.82, 2.24) is 0 Å². The maximum Gasteiger partial charge on any atom is 0.150 e. The van der Waals surface area contributed by atoms with Gasteiger partial charge in [-0.3, -0.25) is 4.79 Å². The van der Waals surface area contributed by atoms with Crippen molar-refractivity contribution in [3.8, 4) is 6.07 Å². The van der Waals surface area contributed by atoms with Gasteiger partial charge in [-0.25, -0.2) is 0 Å². The Hall–Kier alpha value is -1.82. The molecule has 0 N–H and O–H groups in total. The molecular weight excluding hydrogens is 236 g/mol. The number of benzene rings is 1. The minimum atomic E-state index is 0.582. The minimum absolute atomic E-state index is 0.582. The van der Waals surface area contributed by atoms with Gasteiger partial charge in [0.1, 0.15) is 12.4 Å². The summed E-state index contributed by atoms with van der Waals surface area (Å²) in [5.74, 6) is 1.60. The van der Waals surface area contributed by atoms with Gasteiger partial charge in [0.2, 0.25) is 0 Å². The van der Waals surface area contributed by atoms with Crippen LogP contribution in [-0.2, 0) is 0 Å². The molecule has 98 valence electrons. The molecule has 0 unspecified atom stereocenters. The molecule has 0 spiro atoms. The lowest BCUT2D eigenvalue weighted by Gasteiger charge is -2.26. The minimum Gasteiger partial charge on any atom is -0.370 e. The Morgan fingerprint density at radius 1 is 1.21 bits per heavy atom. The largest absolute Gasteiger partial charge is 0.370 e. The zero-order valence-corrected chi connectivity index (χ0v) is 11.0. The summed E-state index contributed by atoms with van der Waals surface area (Å²) >= 11 is 0. The Labute approximate surface area is 113 Å². The zero-order chi connectivity index (χ0) is 13.2. The first-order valence-electron chi connectivity index (χ1n) is 7.04. The summed E-state index contributed by atoms with van der Waals surface area (Å²) in [7, 11) is 0. The lowest BCUT2D eigenvalue weighted by Crippen LogP contribution is -2.28. The van der Waals surface area contributed by atoms with Crippen molar-refractivity contribution in [3.05, 3.63) is 29.3 Å². The van der Waals surface area contributed by atoms with Crippen LogP contribution in [0.2, 0.25) is 0 Å². The highest BCUT2D eigenvalue weighted by Gasteiger charge is 2.30. The third kappa shape index (κ3) is 2.96. The van der Waals surface area contributed by atoms with Crippen molar-refractivity contribution >= 4 is 12.0 Å². The fourth-order valence-electron chi connectivity index (χ4n) is 2.49. The Morgan fingerprint density at radius 2 is 1.84 bits per heavy atom. The molecule has 2 fully saturated rings. The molecule has 0 heterocycles. The quantitative estimate of drug-likeness (QED) is 0.733. The van der Waals surface area contributed by atoms with Gasteiger partial charge in [-0.15, -0.1) is 0 Å². The number of carbonyl (C=O) groups is 1. The fourth-order valence-corrected chi connectivity index (χ4v) is 2.49. The monoisotopic (exact) mass is 254 g/mol. The highest BCUT2D eigenvalue weighted by Crippen LogP contribution is 2.36. The summed E-state index contributed by atoms with van der Waals surface area (Å²) in [6, 6.07) is 7.69. The van der Waals surface area contributed by atoms with E-state index in [1.54, 1.807) is 6.07 Å². The van der Waals surface area contributed by atoms with Crippen LogP contribution in [-0.4, -0.2) is 19.4 Å². The van der Waals surface area contributed by atoms with Gasteiger partial charge >= 0.3 is 0 Å². The lowest BCUT2D eigenvalue weighted by atomic mass is 10.1. The highest BCUT2D eigenvalue weighted by molar-refractivity contribution is 5.78. The van der Waals surface area contributed by atoms with Crippen LogP contribution in [0.1, 0.15) is 41.6 Å². The van der Waals surface area contributed by atoms with E-state index in [9.17, 15) is 10.1 Å². The summed E-state index contributed by atoms with van der Waals surface area (Å²) < 4.78 is 0. The van der Waals surface area contributed by atoms with Gasteiger partial charge in [-0.05, 0) is 55.7 Å². The molecule has 2 saturated carbocycles. The van der Waals surface area contributed by atoms with E-state index in [0.29, 0.717) is 11.1 Å². The SMILES string of the molecule is N#Cc1cc(C=O)ccc1N(CC1CC1)CC1CC1. The lowest BCUT2D eigenvalue weighted by molar-refractivity contribution is 0.112. The molecule has 0 radical (unpaired) electrons.